The van der Waals surface area contributed by atoms with Gasteiger partial charge in [-0.15, -0.1) is 0 Å². The first-order chi connectivity index (χ1) is 16.8. The van der Waals surface area contributed by atoms with E-state index in [1.54, 1.807) is 31.3 Å². The molecule has 3 rings (SSSR count). The first-order valence-corrected chi connectivity index (χ1v) is 13.1. The minimum absolute atomic E-state index is 0.0134. The van der Waals surface area contributed by atoms with Crippen molar-refractivity contribution in [2.24, 2.45) is 17.6 Å². The average Bonchev–Trinajstić information content (AvgIpc) is 2.84. The highest BCUT2D eigenvalue weighted by molar-refractivity contribution is 6.30. The average molecular weight is 514 g/mol. The minimum Gasteiger partial charge on any atom is -0.385 e. The number of piperidine rings is 1. The Morgan fingerprint density at radius 2 is 2.14 bits per heavy atom. The van der Waals surface area contributed by atoms with Crippen LogP contribution >= 0.6 is 11.6 Å². The molecule has 2 fully saturated rings. The summed E-state index contributed by atoms with van der Waals surface area (Å²) in [6, 6.07) is 4.44. The van der Waals surface area contributed by atoms with Gasteiger partial charge in [-0.25, -0.2) is 9.18 Å². The fraction of sp³-hybridized carbons (Fsp3) is 0.731. The molecule has 0 spiro atoms. The Morgan fingerprint density at radius 1 is 1.37 bits per heavy atom. The maximum Gasteiger partial charge on any atom is 0.317 e. The van der Waals surface area contributed by atoms with Crippen molar-refractivity contribution in [3.63, 3.8) is 0 Å². The zero-order valence-electron chi connectivity index (χ0n) is 21.0. The van der Waals surface area contributed by atoms with Crippen LogP contribution in [0.2, 0.25) is 5.02 Å². The first kappa shape index (κ1) is 28.1. The molecule has 1 aromatic carbocycles. The number of carbonyl (C=O) groups is 1. The Labute approximate surface area is 213 Å². The van der Waals surface area contributed by atoms with Crippen molar-refractivity contribution in [1.82, 2.24) is 10.2 Å². The van der Waals surface area contributed by atoms with E-state index in [2.05, 4.69) is 5.32 Å². The third kappa shape index (κ3) is 7.29. The van der Waals surface area contributed by atoms with Crippen molar-refractivity contribution >= 4 is 17.6 Å². The lowest BCUT2D eigenvalue weighted by molar-refractivity contribution is -0.0587. The molecule has 0 bridgehead atoms. The van der Waals surface area contributed by atoms with Gasteiger partial charge >= 0.3 is 6.03 Å². The SMILES string of the molecule is COCCCC[C@@](O)(c1cccc(Cl)c1F)[C@@H]1CCCN(C(=O)NC[C@H](N)CC2CC(OC)C2)C1. The Morgan fingerprint density at radius 3 is 2.86 bits per heavy atom. The van der Waals surface area contributed by atoms with Crippen LogP contribution in [-0.2, 0) is 15.1 Å². The van der Waals surface area contributed by atoms with E-state index < -0.39 is 11.4 Å². The van der Waals surface area contributed by atoms with Gasteiger partial charge in [-0.05, 0) is 63.4 Å². The summed E-state index contributed by atoms with van der Waals surface area (Å²) >= 11 is 6.06. The molecule has 1 saturated carbocycles. The Balaban J connectivity index is 1.61. The smallest absolute Gasteiger partial charge is 0.317 e. The largest absolute Gasteiger partial charge is 0.385 e. The van der Waals surface area contributed by atoms with Crippen molar-refractivity contribution in [3.05, 3.63) is 34.6 Å². The van der Waals surface area contributed by atoms with Crippen molar-refractivity contribution in [2.75, 3.05) is 40.5 Å². The second-order valence-electron chi connectivity index (χ2n) is 10.1. The fourth-order valence-corrected chi connectivity index (χ4v) is 5.66. The summed E-state index contributed by atoms with van der Waals surface area (Å²) in [5.74, 6) is -0.360. The van der Waals surface area contributed by atoms with Crippen LogP contribution < -0.4 is 11.1 Å². The monoisotopic (exact) mass is 513 g/mol. The maximum atomic E-state index is 15.0. The summed E-state index contributed by atoms with van der Waals surface area (Å²) in [4.78, 5) is 14.7. The van der Waals surface area contributed by atoms with Gasteiger partial charge in [0.05, 0.1) is 16.7 Å². The van der Waals surface area contributed by atoms with Gasteiger partial charge in [-0.3, -0.25) is 0 Å². The number of aliphatic hydroxyl groups is 1. The fourth-order valence-electron chi connectivity index (χ4n) is 5.49. The number of halogens is 2. The predicted molar refractivity (Wildman–Crippen MR) is 135 cm³/mol. The number of nitrogens with zero attached hydrogens (tertiary/aromatic N) is 1. The zero-order chi connectivity index (χ0) is 25.4. The van der Waals surface area contributed by atoms with Crippen LogP contribution in [0.4, 0.5) is 9.18 Å². The zero-order valence-corrected chi connectivity index (χ0v) is 21.7. The third-order valence-electron chi connectivity index (χ3n) is 7.64. The number of hydrogen-bond acceptors (Lipinski definition) is 5. The number of ether oxygens (including phenoxy) is 2. The van der Waals surface area contributed by atoms with Gasteiger partial charge in [0.15, 0.2) is 0 Å². The lowest BCUT2D eigenvalue weighted by Crippen LogP contribution is -2.52. The molecule has 198 valence electrons. The van der Waals surface area contributed by atoms with Gasteiger partial charge in [-0.1, -0.05) is 23.7 Å². The molecule has 1 aliphatic heterocycles. The lowest BCUT2D eigenvalue weighted by Gasteiger charge is -2.43. The number of nitrogens with two attached hydrogens (primary N) is 1. The molecule has 1 saturated heterocycles. The predicted octanol–water partition coefficient (Wildman–Crippen LogP) is 4.05. The number of rotatable bonds is 12. The lowest BCUT2D eigenvalue weighted by atomic mass is 9.74. The second-order valence-corrected chi connectivity index (χ2v) is 10.5. The molecule has 1 aromatic rings. The Hall–Kier alpha value is -1.45. The molecule has 0 aromatic heterocycles. The van der Waals surface area contributed by atoms with E-state index >= 15 is 4.39 Å². The van der Waals surface area contributed by atoms with Gasteiger partial charge in [-0.2, -0.15) is 0 Å². The molecule has 35 heavy (non-hydrogen) atoms. The summed E-state index contributed by atoms with van der Waals surface area (Å²) in [5.41, 5.74) is 5.02. The van der Waals surface area contributed by atoms with Gasteiger partial charge < -0.3 is 30.5 Å². The molecular weight excluding hydrogens is 473 g/mol. The highest BCUT2D eigenvalue weighted by Gasteiger charge is 2.43. The number of amides is 2. The molecule has 9 heteroatoms. The van der Waals surface area contributed by atoms with Crippen LogP contribution in [0, 0.1) is 17.7 Å². The van der Waals surface area contributed by atoms with E-state index in [9.17, 15) is 9.90 Å². The van der Waals surface area contributed by atoms with Crippen LogP contribution in [0.3, 0.4) is 0 Å². The molecule has 2 amide bonds. The summed E-state index contributed by atoms with van der Waals surface area (Å²) in [6.45, 7) is 1.90. The number of urea groups is 1. The van der Waals surface area contributed by atoms with Gasteiger partial charge in [0.2, 0.25) is 0 Å². The standard InChI is InChI=1S/C26H41ClFN3O4/c1-34-12-4-3-10-26(33,22-8-5-9-23(27)24(22)28)19-7-6-11-31(17-19)25(32)30-16-20(29)13-18-14-21(15-18)35-2/h5,8-9,18-21,33H,3-4,6-7,10-17,29H2,1-2H3,(H,30,32)/t18?,19-,20-,21?,26+/m1/s1. The van der Waals surface area contributed by atoms with Gasteiger partial charge in [0.25, 0.3) is 0 Å². The molecule has 0 radical (unpaired) electrons. The van der Waals surface area contributed by atoms with E-state index in [1.807, 2.05) is 0 Å². The minimum atomic E-state index is -1.43. The van der Waals surface area contributed by atoms with Crippen LogP contribution in [0.15, 0.2) is 18.2 Å². The van der Waals surface area contributed by atoms with E-state index in [-0.39, 0.29) is 28.6 Å². The van der Waals surface area contributed by atoms with Gasteiger partial charge in [0, 0.05) is 58.0 Å². The quantitative estimate of drug-likeness (QED) is 0.366. The summed E-state index contributed by atoms with van der Waals surface area (Å²) in [7, 11) is 3.36. The highest BCUT2D eigenvalue weighted by atomic mass is 35.5. The first-order valence-electron chi connectivity index (χ1n) is 12.7. The molecule has 0 unspecified atom stereocenters. The van der Waals surface area contributed by atoms with E-state index in [0.29, 0.717) is 57.5 Å². The summed E-state index contributed by atoms with van der Waals surface area (Å²) < 4.78 is 25.5. The van der Waals surface area contributed by atoms with E-state index in [0.717, 1.165) is 32.1 Å². The number of hydrogen-bond donors (Lipinski definition) is 3. The Kier molecular flexibility index (Phi) is 10.6. The third-order valence-corrected chi connectivity index (χ3v) is 7.93. The van der Waals surface area contributed by atoms with Crippen LogP contribution in [0.25, 0.3) is 0 Å². The van der Waals surface area contributed by atoms with Crippen molar-refractivity contribution in [2.45, 2.75) is 69.1 Å². The van der Waals surface area contributed by atoms with Gasteiger partial charge in [0.1, 0.15) is 5.82 Å². The van der Waals surface area contributed by atoms with Crippen molar-refractivity contribution in [3.8, 4) is 0 Å². The number of unbranched alkanes of at least 4 members (excludes halogenated alkanes) is 1. The molecule has 1 heterocycles. The molecule has 7 nitrogen and oxygen atoms in total. The number of nitrogens with one attached hydrogen (secondary N) is 1. The number of likely N-dealkylation sites (tertiary alicyclic amines) is 1. The maximum absolute atomic E-state index is 15.0. The Bertz CT molecular complexity index is 826. The highest BCUT2D eigenvalue weighted by Crippen LogP contribution is 2.42. The molecule has 2 aliphatic rings. The summed E-state index contributed by atoms with van der Waals surface area (Å²) in [5, 5.41) is 14.8. The van der Waals surface area contributed by atoms with Crippen LogP contribution in [0.1, 0.15) is 56.9 Å². The van der Waals surface area contributed by atoms with Crippen molar-refractivity contribution < 1.29 is 23.8 Å². The molecule has 1 aliphatic carbocycles. The van der Waals surface area contributed by atoms with Crippen molar-refractivity contribution in [1.29, 1.82) is 0 Å². The molecule has 4 N–H and O–H groups in total. The topological polar surface area (TPSA) is 97.1 Å². The van der Waals surface area contributed by atoms with Crippen LogP contribution in [0.5, 0.6) is 0 Å². The number of carbonyl (C=O) groups excluding carboxylic acids is 1. The van der Waals surface area contributed by atoms with E-state index in [4.69, 9.17) is 26.8 Å². The normalized spacial score (nSPS) is 25.0. The van der Waals surface area contributed by atoms with Crippen LogP contribution in [-0.4, -0.2) is 68.6 Å². The second kappa shape index (κ2) is 13.2. The number of methoxy groups -OCH3 is 2. The van der Waals surface area contributed by atoms with E-state index in [1.165, 1.54) is 6.07 Å². The molecule has 3 atom stereocenters. The summed E-state index contributed by atoms with van der Waals surface area (Å²) in [6.07, 6.45) is 6.45. The number of benzene rings is 1. The molecular formula is C26H41ClFN3O4.